The zero-order chi connectivity index (χ0) is 17.2. The van der Waals surface area contributed by atoms with Crippen molar-refractivity contribution < 1.29 is 17.2 Å². The molecule has 0 spiro atoms. The molecule has 0 radical (unpaired) electrons. The van der Waals surface area contributed by atoms with Crippen LogP contribution in [0.2, 0.25) is 0 Å². The third kappa shape index (κ3) is 25.1. The predicted molar refractivity (Wildman–Crippen MR) is 103 cm³/mol. The van der Waals surface area contributed by atoms with Crippen molar-refractivity contribution in [2.24, 2.45) is 0 Å². The summed E-state index contributed by atoms with van der Waals surface area (Å²) in [6.07, 6.45) is 21.5. The molecule has 0 aliphatic carbocycles. The second-order valence-electron chi connectivity index (χ2n) is 6.19. The van der Waals surface area contributed by atoms with Gasteiger partial charge in [0, 0.05) is 0 Å². The fourth-order valence-electron chi connectivity index (χ4n) is 2.51. The van der Waals surface area contributed by atoms with E-state index < -0.39 is 10.4 Å². The fraction of sp³-hybridized carbons (Fsp3) is 0.889. The molecule has 0 amide bonds. The van der Waals surface area contributed by atoms with Gasteiger partial charge in [0.15, 0.2) is 0 Å². The third-order valence-electron chi connectivity index (χ3n) is 3.89. The maximum atomic E-state index is 10.3. The largest absolute Gasteiger partial charge is 2.00 e. The van der Waals surface area contributed by atoms with Crippen LogP contribution in [0.1, 0.15) is 96.8 Å². The van der Waals surface area contributed by atoms with Crippen LogP contribution in [0.15, 0.2) is 12.2 Å². The number of unbranched alkanes of at least 4 members (excludes halogenated alkanes) is 12. The first kappa shape index (κ1) is 27.1. The molecule has 0 aliphatic rings. The Hall–Kier alpha value is 0.870. The van der Waals surface area contributed by atoms with E-state index in [4.69, 9.17) is 4.55 Å². The molecule has 6 heteroatoms. The molecule has 0 heterocycles. The van der Waals surface area contributed by atoms with Crippen molar-refractivity contribution >= 4 is 48.1 Å². The van der Waals surface area contributed by atoms with Gasteiger partial charge >= 0.3 is 48.1 Å². The molecule has 24 heavy (non-hydrogen) atoms. The summed E-state index contributed by atoms with van der Waals surface area (Å²) in [5.74, 6) is 0. The van der Waals surface area contributed by atoms with E-state index in [0.717, 1.165) is 12.8 Å². The molecule has 0 atom stereocenters. The molecular formula is C18H36CaO4S+2. The summed E-state index contributed by atoms with van der Waals surface area (Å²) in [4.78, 5) is 0. The van der Waals surface area contributed by atoms with Crippen LogP contribution < -0.4 is 0 Å². The van der Waals surface area contributed by atoms with Gasteiger partial charge in [-0.25, -0.2) is 4.18 Å². The van der Waals surface area contributed by atoms with E-state index in [0.29, 0.717) is 6.42 Å². The zero-order valence-electron chi connectivity index (χ0n) is 15.5. The molecule has 0 saturated heterocycles. The van der Waals surface area contributed by atoms with Crippen LogP contribution in [0.25, 0.3) is 0 Å². The maximum absolute atomic E-state index is 10.3. The first-order valence-corrected chi connectivity index (χ1v) is 10.7. The van der Waals surface area contributed by atoms with Gasteiger partial charge in [-0.05, 0) is 32.1 Å². The smallest absolute Gasteiger partial charge is 0.264 e. The Balaban J connectivity index is 0. The van der Waals surface area contributed by atoms with E-state index in [1.807, 2.05) is 0 Å². The van der Waals surface area contributed by atoms with Gasteiger partial charge in [-0.1, -0.05) is 76.9 Å². The van der Waals surface area contributed by atoms with Crippen LogP contribution in [-0.4, -0.2) is 57.3 Å². The normalized spacial score (nSPS) is 11.8. The zero-order valence-corrected chi connectivity index (χ0v) is 18.6. The predicted octanol–water partition coefficient (Wildman–Crippen LogP) is 5.46. The van der Waals surface area contributed by atoms with E-state index >= 15 is 0 Å². The second kappa shape index (κ2) is 20.2. The van der Waals surface area contributed by atoms with E-state index in [1.165, 1.54) is 70.6 Å². The average Bonchev–Trinajstić information content (AvgIpc) is 2.49. The van der Waals surface area contributed by atoms with Crippen molar-refractivity contribution in [3.63, 3.8) is 0 Å². The second-order valence-corrected chi connectivity index (χ2v) is 7.28. The number of hydrogen-bond acceptors (Lipinski definition) is 3. The topological polar surface area (TPSA) is 63.6 Å². The van der Waals surface area contributed by atoms with Crippen molar-refractivity contribution in [1.82, 2.24) is 0 Å². The van der Waals surface area contributed by atoms with Crippen LogP contribution in [0.3, 0.4) is 0 Å². The molecule has 0 rings (SSSR count). The van der Waals surface area contributed by atoms with Gasteiger partial charge in [0.25, 0.3) is 0 Å². The van der Waals surface area contributed by atoms with Crippen LogP contribution in [0.5, 0.6) is 0 Å². The minimum Gasteiger partial charge on any atom is -0.264 e. The molecule has 138 valence electrons. The summed E-state index contributed by atoms with van der Waals surface area (Å²) < 4.78 is 33.3. The summed E-state index contributed by atoms with van der Waals surface area (Å²) in [7, 11) is -4.25. The summed E-state index contributed by atoms with van der Waals surface area (Å²) in [5.41, 5.74) is 0. The monoisotopic (exact) mass is 388 g/mol. The minimum atomic E-state index is -4.25. The summed E-state index contributed by atoms with van der Waals surface area (Å²) in [6.45, 7) is 2.33. The van der Waals surface area contributed by atoms with Crippen molar-refractivity contribution in [3.8, 4) is 0 Å². The molecule has 0 aliphatic heterocycles. The molecule has 0 unspecified atom stereocenters. The SMILES string of the molecule is CCCCCCCC/C=C\CCCCCCCCOS(=O)(=O)O.[Ca+2]. The van der Waals surface area contributed by atoms with Gasteiger partial charge in [-0.15, -0.1) is 0 Å². The van der Waals surface area contributed by atoms with Crippen LogP contribution in [-0.2, 0) is 14.6 Å². The van der Waals surface area contributed by atoms with Gasteiger partial charge in [-0.2, -0.15) is 8.42 Å². The van der Waals surface area contributed by atoms with Crippen molar-refractivity contribution in [1.29, 1.82) is 0 Å². The van der Waals surface area contributed by atoms with Gasteiger partial charge in [-0.3, -0.25) is 4.55 Å². The molecule has 0 bridgehead atoms. The first-order chi connectivity index (χ1) is 11.1. The van der Waals surface area contributed by atoms with E-state index in [2.05, 4.69) is 23.3 Å². The average molecular weight is 389 g/mol. The summed E-state index contributed by atoms with van der Waals surface area (Å²) in [6, 6.07) is 0. The van der Waals surface area contributed by atoms with Crippen LogP contribution in [0, 0.1) is 0 Å². The molecule has 0 aromatic heterocycles. The standard InChI is InChI=1S/C18H36O4S.Ca/c1-2-3-4-5-6-7-8-9-10-11-12-13-14-15-16-17-18-22-23(19,20)21;/h9-10H,2-8,11-18H2,1H3,(H,19,20,21);/q;+2/b10-9-;. The molecule has 0 aromatic rings. The van der Waals surface area contributed by atoms with Crippen molar-refractivity contribution in [2.45, 2.75) is 96.8 Å². The molecule has 4 nitrogen and oxygen atoms in total. The van der Waals surface area contributed by atoms with E-state index in [-0.39, 0.29) is 44.3 Å². The Morgan fingerprint density at radius 3 is 1.62 bits per heavy atom. The molecule has 0 saturated carbocycles. The Bertz CT molecular complexity index is 369. The Labute approximate surface area is 179 Å². The Kier molecular flexibility index (Phi) is 22.8. The van der Waals surface area contributed by atoms with Crippen LogP contribution >= 0.6 is 0 Å². The first-order valence-electron chi connectivity index (χ1n) is 9.33. The third-order valence-corrected chi connectivity index (χ3v) is 4.35. The summed E-state index contributed by atoms with van der Waals surface area (Å²) >= 11 is 0. The Morgan fingerprint density at radius 2 is 1.17 bits per heavy atom. The van der Waals surface area contributed by atoms with E-state index in [1.54, 1.807) is 0 Å². The fourth-order valence-corrected chi connectivity index (χ4v) is 2.84. The Morgan fingerprint density at radius 1 is 0.750 bits per heavy atom. The number of rotatable bonds is 17. The van der Waals surface area contributed by atoms with Crippen LogP contribution in [0.4, 0.5) is 0 Å². The quantitative estimate of drug-likeness (QED) is 0.155. The molecule has 0 aromatic carbocycles. The maximum Gasteiger partial charge on any atom is 2.00 e. The van der Waals surface area contributed by atoms with Crippen molar-refractivity contribution in [3.05, 3.63) is 12.2 Å². The van der Waals surface area contributed by atoms with Gasteiger partial charge in [0.1, 0.15) is 0 Å². The minimum absolute atomic E-state index is 0. The molecule has 0 fully saturated rings. The number of hydrogen-bond donors (Lipinski definition) is 1. The van der Waals surface area contributed by atoms with Gasteiger partial charge in [0.05, 0.1) is 6.61 Å². The molecule has 1 N–H and O–H groups in total. The molecular weight excluding hydrogens is 352 g/mol. The van der Waals surface area contributed by atoms with Crippen molar-refractivity contribution in [2.75, 3.05) is 6.61 Å². The summed E-state index contributed by atoms with van der Waals surface area (Å²) in [5, 5.41) is 0. The van der Waals surface area contributed by atoms with Gasteiger partial charge in [0.2, 0.25) is 0 Å². The van der Waals surface area contributed by atoms with Gasteiger partial charge < -0.3 is 0 Å². The number of allylic oxidation sites excluding steroid dienone is 2. The van der Waals surface area contributed by atoms with E-state index in [9.17, 15) is 8.42 Å².